The predicted octanol–water partition coefficient (Wildman–Crippen LogP) is 3.40. The van der Waals surface area contributed by atoms with Gasteiger partial charge in [0.05, 0.1) is 5.92 Å². The van der Waals surface area contributed by atoms with Crippen molar-refractivity contribution in [3.8, 4) is 0 Å². The summed E-state index contributed by atoms with van der Waals surface area (Å²) >= 11 is 0. The molecule has 1 spiro atoms. The van der Waals surface area contributed by atoms with Gasteiger partial charge in [-0.1, -0.05) is 55.5 Å². The van der Waals surface area contributed by atoms with Crippen LogP contribution in [0, 0.1) is 5.92 Å². The smallest absolute Gasteiger partial charge is 0.231 e. The molecule has 2 atom stereocenters. The Hall–Kier alpha value is -2.13. The van der Waals surface area contributed by atoms with E-state index in [0.717, 1.165) is 17.8 Å². The fourth-order valence-corrected chi connectivity index (χ4v) is 3.77. The molecule has 4 rings (SSSR count). The van der Waals surface area contributed by atoms with Crippen LogP contribution in [-0.2, 0) is 10.2 Å². The first kappa shape index (κ1) is 14.5. The molecule has 1 heterocycles. The molecule has 118 valence electrons. The molecular formula is C20H22N2O. The lowest BCUT2D eigenvalue weighted by Crippen LogP contribution is -2.39. The molecule has 0 radical (unpaired) electrons. The molecule has 1 aliphatic heterocycles. The van der Waals surface area contributed by atoms with Crippen LogP contribution in [0.25, 0.3) is 0 Å². The van der Waals surface area contributed by atoms with Crippen LogP contribution < -0.4 is 10.6 Å². The van der Waals surface area contributed by atoms with Gasteiger partial charge in [-0.05, 0) is 30.0 Å². The summed E-state index contributed by atoms with van der Waals surface area (Å²) in [5, 5.41) is 0. The van der Waals surface area contributed by atoms with Gasteiger partial charge in [0.1, 0.15) is 0 Å². The van der Waals surface area contributed by atoms with E-state index in [2.05, 4.69) is 18.2 Å². The Morgan fingerprint density at radius 1 is 1.09 bits per heavy atom. The molecule has 1 fully saturated rings. The van der Waals surface area contributed by atoms with Crippen LogP contribution in [0.3, 0.4) is 0 Å². The maximum absolute atomic E-state index is 13.1. The fraction of sp³-hybridized carbons (Fsp3) is 0.350. The summed E-state index contributed by atoms with van der Waals surface area (Å²) < 4.78 is 0. The molecule has 2 N–H and O–H groups in total. The highest BCUT2D eigenvalue weighted by molar-refractivity contribution is 5.98. The molecule has 2 aliphatic rings. The van der Waals surface area contributed by atoms with Crippen LogP contribution in [0.4, 0.5) is 5.69 Å². The van der Waals surface area contributed by atoms with E-state index >= 15 is 0 Å². The quantitative estimate of drug-likeness (QED) is 0.944. The molecule has 23 heavy (non-hydrogen) atoms. The number of rotatable bonds is 3. The second-order valence-corrected chi connectivity index (χ2v) is 6.95. The van der Waals surface area contributed by atoms with E-state index in [1.54, 1.807) is 0 Å². The standard InChI is InChI=1S/C20H22N2O/c1-14(18(21)15-7-3-2-4-8-15)19(23)22-13-20(11-12-20)16-9-5-6-10-17(16)22/h2-10,14,18H,11-13,21H2,1H3. The van der Waals surface area contributed by atoms with E-state index < -0.39 is 0 Å². The maximum Gasteiger partial charge on any atom is 0.231 e. The van der Waals surface area contributed by atoms with Crippen LogP contribution >= 0.6 is 0 Å². The molecule has 3 nitrogen and oxygen atoms in total. The first-order valence-electron chi connectivity index (χ1n) is 8.34. The lowest BCUT2D eigenvalue weighted by atomic mass is 9.94. The molecule has 2 unspecified atom stereocenters. The summed E-state index contributed by atoms with van der Waals surface area (Å²) in [6, 6.07) is 18.0. The summed E-state index contributed by atoms with van der Waals surface area (Å²) in [6.45, 7) is 2.76. The van der Waals surface area contributed by atoms with Gasteiger partial charge < -0.3 is 10.6 Å². The van der Waals surface area contributed by atoms with Gasteiger partial charge in [-0.15, -0.1) is 0 Å². The Bertz CT molecular complexity index is 736. The summed E-state index contributed by atoms with van der Waals surface area (Å²) in [4.78, 5) is 15.1. The monoisotopic (exact) mass is 306 g/mol. The summed E-state index contributed by atoms with van der Waals surface area (Å²) in [7, 11) is 0. The minimum Gasteiger partial charge on any atom is -0.323 e. The van der Waals surface area contributed by atoms with Gasteiger partial charge in [-0.25, -0.2) is 0 Å². The molecule has 1 aliphatic carbocycles. The Kier molecular flexibility index (Phi) is 3.27. The van der Waals surface area contributed by atoms with E-state index in [9.17, 15) is 4.79 Å². The van der Waals surface area contributed by atoms with Crippen molar-refractivity contribution in [2.75, 3.05) is 11.4 Å². The number of anilines is 1. The van der Waals surface area contributed by atoms with Crippen molar-refractivity contribution in [3.05, 3.63) is 65.7 Å². The van der Waals surface area contributed by atoms with E-state index in [1.165, 1.54) is 18.4 Å². The highest BCUT2D eigenvalue weighted by atomic mass is 16.2. The van der Waals surface area contributed by atoms with E-state index in [1.807, 2.05) is 48.2 Å². The summed E-state index contributed by atoms with van der Waals surface area (Å²) in [6.07, 6.45) is 2.37. The SMILES string of the molecule is CC(C(=O)N1CC2(CC2)c2ccccc21)C(N)c1ccccc1. The minimum atomic E-state index is -0.272. The van der Waals surface area contributed by atoms with E-state index in [4.69, 9.17) is 5.73 Å². The van der Waals surface area contributed by atoms with Crippen molar-refractivity contribution >= 4 is 11.6 Å². The molecule has 0 aromatic heterocycles. The zero-order chi connectivity index (χ0) is 16.0. The van der Waals surface area contributed by atoms with Crippen molar-refractivity contribution in [2.45, 2.75) is 31.2 Å². The van der Waals surface area contributed by atoms with Crippen LogP contribution in [0.2, 0.25) is 0 Å². The number of benzene rings is 2. The first-order valence-corrected chi connectivity index (χ1v) is 8.34. The largest absolute Gasteiger partial charge is 0.323 e. The zero-order valence-corrected chi connectivity index (χ0v) is 13.4. The molecule has 0 saturated heterocycles. The number of para-hydroxylation sites is 1. The third kappa shape index (κ3) is 2.27. The van der Waals surface area contributed by atoms with Gasteiger partial charge in [-0.3, -0.25) is 4.79 Å². The fourth-order valence-electron chi connectivity index (χ4n) is 3.77. The highest BCUT2D eigenvalue weighted by Gasteiger charge is 2.53. The van der Waals surface area contributed by atoms with Crippen molar-refractivity contribution in [3.63, 3.8) is 0 Å². The average Bonchev–Trinajstić information content (AvgIpc) is 3.31. The van der Waals surface area contributed by atoms with Gasteiger partial charge in [-0.2, -0.15) is 0 Å². The lowest BCUT2D eigenvalue weighted by Gasteiger charge is -2.26. The van der Waals surface area contributed by atoms with Crippen LogP contribution in [0.15, 0.2) is 54.6 Å². The molecule has 2 aromatic carbocycles. The van der Waals surface area contributed by atoms with Crippen LogP contribution in [-0.4, -0.2) is 12.5 Å². The first-order chi connectivity index (χ1) is 11.1. The number of nitrogens with two attached hydrogens (primary N) is 1. The van der Waals surface area contributed by atoms with Crippen molar-refractivity contribution in [2.24, 2.45) is 11.7 Å². The number of fused-ring (bicyclic) bond motifs is 2. The molecular weight excluding hydrogens is 284 g/mol. The lowest BCUT2D eigenvalue weighted by molar-refractivity contribution is -0.122. The topological polar surface area (TPSA) is 46.3 Å². The van der Waals surface area contributed by atoms with Crippen LogP contribution in [0.5, 0.6) is 0 Å². The minimum absolute atomic E-state index is 0.137. The molecule has 2 aromatic rings. The third-order valence-corrected chi connectivity index (χ3v) is 5.46. The number of carbonyl (C=O) groups excluding carboxylic acids is 1. The van der Waals surface area contributed by atoms with E-state index in [-0.39, 0.29) is 23.3 Å². The van der Waals surface area contributed by atoms with Gasteiger partial charge in [0, 0.05) is 23.7 Å². The molecule has 1 amide bonds. The summed E-state index contributed by atoms with van der Waals surface area (Å²) in [5.74, 6) is -0.100. The zero-order valence-electron chi connectivity index (χ0n) is 13.4. The van der Waals surface area contributed by atoms with Crippen molar-refractivity contribution < 1.29 is 4.79 Å². The highest BCUT2D eigenvalue weighted by Crippen LogP contribution is 2.56. The van der Waals surface area contributed by atoms with E-state index in [0.29, 0.717) is 0 Å². The number of hydrogen-bond donors (Lipinski definition) is 1. The Balaban J connectivity index is 1.60. The van der Waals surface area contributed by atoms with Crippen LogP contribution in [0.1, 0.15) is 36.9 Å². The molecule has 3 heteroatoms. The third-order valence-electron chi connectivity index (χ3n) is 5.46. The van der Waals surface area contributed by atoms with Crippen molar-refractivity contribution in [1.29, 1.82) is 0 Å². The molecule has 1 saturated carbocycles. The van der Waals surface area contributed by atoms with Gasteiger partial charge >= 0.3 is 0 Å². The number of nitrogens with zero attached hydrogens (tertiary/aromatic N) is 1. The van der Waals surface area contributed by atoms with Gasteiger partial charge in [0.25, 0.3) is 0 Å². The number of carbonyl (C=O) groups is 1. The Morgan fingerprint density at radius 3 is 2.43 bits per heavy atom. The molecule has 0 bridgehead atoms. The number of amides is 1. The second-order valence-electron chi connectivity index (χ2n) is 6.95. The van der Waals surface area contributed by atoms with Gasteiger partial charge in [0.2, 0.25) is 5.91 Å². The average molecular weight is 306 g/mol. The Labute approximate surface area is 137 Å². The normalized spacial score (nSPS) is 20.2. The van der Waals surface area contributed by atoms with Crippen molar-refractivity contribution in [1.82, 2.24) is 0 Å². The number of hydrogen-bond acceptors (Lipinski definition) is 2. The van der Waals surface area contributed by atoms with Gasteiger partial charge in [0.15, 0.2) is 0 Å². The maximum atomic E-state index is 13.1. The summed E-state index contributed by atoms with van der Waals surface area (Å²) in [5.41, 5.74) is 10.0. The predicted molar refractivity (Wildman–Crippen MR) is 92.2 cm³/mol. The Morgan fingerprint density at radius 2 is 1.74 bits per heavy atom. The second kappa shape index (κ2) is 5.20.